The largest absolute Gasteiger partial charge is 0.496 e. The predicted molar refractivity (Wildman–Crippen MR) is 98.9 cm³/mol. The van der Waals surface area contributed by atoms with E-state index in [4.69, 9.17) is 10.5 Å². The molecule has 2 aromatic carbocycles. The highest BCUT2D eigenvalue weighted by Crippen LogP contribution is 2.43. The van der Waals surface area contributed by atoms with Crippen LogP contribution in [-0.2, 0) is 11.3 Å². The first-order valence-electron chi connectivity index (χ1n) is 8.32. The van der Waals surface area contributed by atoms with Gasteiger partial charge >= 0.3 is 0 Å². The fourth-order valence-corrected chi connectivity index (χ4v) is 4.99. The van der Waals surface area contributed by atoms with Crippen molar-refractivity contribution < 1.29 is 4.74 Å². The van der Waals surface area contributed by atoms with E-state index in [1.807, 2.05) is 23.9 Å². The van der Waals surface area contributed by atoms with Crippen LogP contribution >= 0.6 is 11.8 Å². The molecule has 2 nitrogen and oxygen atoms in total. The topological polar surface area (TPSA) is 35.2 Å². The molecule has 2 N–H and O–H groups in total. The van der Waals surface area contributed by atoms with E-state index in [-0.39, 0.29) is 5.54 Å². The van der Waals surface area contributed by atoms with E-state index in [9.17, 15) is 0 Å². The van der Waals surface area contributed by atoms with Crippen LogP contribution < -0.4 is 10.5 Å². The minimum absolute atomic E-state index is 0.216. The maximum atomic E-state index is 6.91. The Hall–Kier alpha value is -1.45. The van der Waals surface area contributed by atoms with Crippen LogP contribution in [0.2, 0.25) is 0 Å². The maximum absolute atomic E-state index is 6.91. The lowest BCUT2D eigenvalue weighted by Crippen LogP contribution is -2.48. The average Bonchev–Trinajstić information content (AvgIpc) is 2.62. The van der Waals surface area contributed by atoms with Gasteiger partial charge in [-0.2, -0.15) is 11.8 Å². The van der Waals surface area contributed by atoms with Gasteiger partial charge in [-0.15, -0.1) is 0 Å². The van der Waals surface area contributed by atoms with E-state index in [0.29, 0.717) is 5.25 Å². The number of ether oxygens (including phenoxy) is 1. The van der Waals surface area contributed by atoms with Crippen LogP contribution in [0.15, 0.2) is 54.6 Å². The van der Waals surface area contributed by atoms with Crippen LogP contribution in [0.4, 0.5) is 0 Å². The van der Waals surface area contributed by atoms with E-state index < -0.39 is 0 Å². The van der Waals surface area contributed by atoms with Gasteiger partial charge in [0.05, 0.1) is 12.6 Å². The molecule has 2 unspecified atom stereocenters. The minimum Gasteiger partial charge on any atom is -0.496 e. The van der Waals surface area contributed by atoms with Crippen molar-refractivity contribution in [1.29, 1.82) is 0 Å². The standard InChI is InChI=1S/C20H25NOS/c1-22-18-12-6-5-9-16(18)15-23-19-13-7-8-14-20(19,21)17-10-3-2-4-11-17/h2-6,9-12,19H,7-8,13-15,21H2,1H3. The number of nitrogens with two attached hydrogens (primary N) is 1. The fraction of sp³-hybridized carbons (Fsp3) is 0.400. The third kappa shape index (κ3) is 3.56. The molecule has 0 aromatic heterocycles. The van der Waals surface area contributed by atoms with Gasteiger partial charge in [0.1, 0.15) is 5.75 Å². The normalized spacial score (nSPS) is 24.3. The molecular weight excluding hydrogens is 302 g/mol. The van der Waals surface area contributed by atoms with Crippen LogP contribution in [0, 0.1) is 0 Å². The molecule has 0 spiro atoms. The molecule has 122 valence electrons. The summed E-state index contributed by atoms with van der Waals surface area (Å²) < 4.78 is 5.48. The molecule has 0 bridgehead atoms. The summed E-state index contributed by atoms with van der Waals surface area (Å²) in [6.07, 6.45) is 4.75. The third-order valence-corrected chi connectivity index (χ3v) is 6.36. The van der Waals surface area contributed by atoms with Gasteiger partial charge in [-0.1, -0.05) is 61.4 Å². The zero-order valence-electron chi connectivity index (χ0n) is 13.7. The molecule has 1 aliphatic carbocycles. The molecule has 3 heteroatoms. The number of methoxy groups -OCH3 is 1. The summed E-state index contributed by atoms with van der Waals surface area (Å²) in [7, 11) is 1.74. The van der Waals surface area contributed by atoms with Crippen molar-refractivity contribution >= 4 is 11.8 Å². The summed E-state index contributed by atoms with van der Waals surface area (Å²) in [6.45, 7) is 0. The Kier molecular flexibility index (Phi) is 5.29. The monoisotopic (exact) mass is 327 g/mol. The van der Waals surface area contributed by atoms with Crippen molar-refractivity contribution in [1.82, 2.24) is 0 Å². The van der Waals surface area contributed by atoms with Gasteiger partial charge in [0, 0.05) is 16.6 Å². The molecule has 0 heterocycles. The second kappa shape index (κ2) is 7.41. The molecule has 2 aromatic rings. The van der Waals surface area contributed by atoms with E-state index >= 15 is 0 Å². The smallest absolute Gasteiger partial charge is 0.122 e. The molecule has 1 fully saturated rings. The molecule has 1 aliphatic rings. The Balaban J connectivity index is 1.77. The Morgan fingerprint density at radius 2 is 1.83 bits per heavy atom. The Bertz CT molecular complexity index is 631. The van der Waals surface area contributed by atoms with Crippen molar-refractivity contribution in [3.8, 4) is 5.75 Å². The van der Waals surface area contributed by atoms with Crippen LogP contribution in [-0.4, -0.2) is 12.4 Å². The van der Waals surface area contributed by atoms with Gasteiger partial charge < -0.3 is 10.5 Å². The molecule has 1 saturated carbocycles. The highest BCUT2D eigenvalue weighted by Gasteiger charge is 2.38. The first-order valence-corrected chi connectivity index (χ1v) is 9.37. The molecule has 0 saturated heterocycles. The summed E-state index contributed by atoms with van der Waals surface area (Å²) in [5.41, 5.74) is 9.22. The summed E-state index contributed by atoms with van der Waals surface area (Å²) in [4.78, 5) is 0. The van der Waals surface area contributed by atoms with E-state index in [1.165, 1.54) is 30.4 Å². The lowest BCUT2D eigenvalue weighted by molar-refractivity contribution is 0.314. The van der Waals surface area contributed by atoms with Crippen molar-refractivity contribution in [2.24, 2.45) is 5.73 Å². The Morgan fingerprint density at radius 3 is 2.61 bits per heavy atom. The van der Waals surface area contributed by atoms with Crippen LogP contribution in [0.3, 0.4) is 0 Å². The highest BCUT2D eigenvalue weighted by molar-refractivity contribution is 7.99. The summed E-state index contributed by atoms with van der Waals surface area (Å²) in [5.74, 6) is 1.92. The SMILES string of the molecule is COc1ccccc1CSC1CCCCC1(N)c1ccccc1. The summed E-state index contributed by atoms with van der Waals surface area (Å²) in [6, 6.07) is 18.9. The van der Waals surface area contributed by atoms with Gasteiger partial charge in [0.15, 0.2) is 0 Å². The quantitative estimate of drug-likeness (QED) is 0.862. The molecule has 3 rings (SSSR count). The van der Waals surface area contributed by atoms with Crippen LogP contribution in [0.25, 0.3) is 0 Å². The Labute approximate surface area is 143 Å². The number of hydrogen-bond acceptors (Lipinski definition) is 3. The lowest BCUT2D eigenvalue weighted by Gasteiger charge is -2.41. The van der Waals surface area contributed by atoms with Gasteiger partial charge in [-0.05, 0) is 24.5 Å². The van der Waals surface area contributed by atoms with Gasteiger partial charge in [0.25, 0.3) is 0 Å². The lowest BCUT2D eigenvalue weighted by atomic mass is 9.77. The molecule has 0 aliphatic heterocycles. The Morgan fingerprint density at radius 1 is 1.09 bits per heavy atom. The van der Waals surface area contributed by atoms with Crippen molar-refractivity contribution in [2.75, 3.05) is 7.11 Å². The van der Waals surface area contributed by atoms with Crippen molar-refractivity contribution in [2.45, 2.75) is 42.2 Å². The average molecular weight is 327 g/mol. The number of thioether (sulfide) groups is 1. The van der Waals surface area contributed by atoms with Gasteiger partial charge in [-0.3, -0.25) is 0 Å². The fourth-order valence-electron chi connectivity index (χ4n) is 3.49. The van der Waals surface area contributed by atoms with Gasteiger partial charge in [-0.25, -0.2) is 0 Å². The van der Waals surface area contributed by atoms with Gasteiger partial charge in [0.2, 0.25) is 0 Å². The second-order valence-electron chi connectivity index (χ2n) is 6.26. The summed E-state index contributed by atoms with van der Waals surface area (Å²) >= 11 is 1.98. The van der Waals surface area contributed by atoms with Crippen molar-refractivity contribution in [3.63, 3.8) is 0 Å². The first-order chi connectivity index (χ1) is 11.2. The number of para-hydroxylation sites is 1. The third-order valence-electron chi connectivity index (χ3n) is 4.83. The van der Waals surface area contributed by atoms with Crippen molar-refractivity contribution in [3.05, 3.63) is 65.7 Å². The first kappa shape index (κ1) is 16.4. The number of hydrogen-bond donors (Lipinski definition) is 1. The van der Waals surface area contributed by atoms with Crippen LogP contribution in [0.1, 0.15) is 36.8 Å². The van der Waals surface area contributed by atoms with Crippen LogP contribution in [0.5, 0.6) is 5.75 Å². The summed E-state index contributed by atoms with van der Waals surface area (Å²) in [5, 5.41) is 0.448. The zero-order valence-corrected chi connectivity index (χ0v) is 14.5. The molecule has 0 amide bonds. The highest BCUT2D eigenvalue weighted by atomic mass is 32.2. The molecule has 23 heavy (non-hydrogen) atoms. The molecule has 2 atom stereocenters. The molecule has 0 radical (unpaired) electrons. The predicted octanol–water partition coefficient (Wildman–Crippen LogP) is 4.73. The number of benzene rings is 2. The maximum Gasteiger partial charge on any atom is 0.122 e. The zero-order chi connectivity index (χ0) is 16.1. The minimum atomic E-state index is -0.216. The molecular formula is C20H25NOS. The number of rotatable bonds is 5. The second-order valence-corrected chi connectivity index (χ2v) is 7.45. The van der Waals surface area contributed by atoms with E-state index in [2.05, 4.69) is 42.5 Å². The van der Waals surface area contributed by atoms with E-state index in [0.717, 1.165) is 17.9 Å². The van der Waals surface area contributed by atoms with E-state index in [1.54, 1.807) is 7.11 Å².